The number of nitrogens with zero attached hydrogens (tertiary/aromatic N) is 1. The van der Waals surface area contributed by atoms with Gasteiger partial charge in [0.1, 0.15) is 11.6 Å². The molecule has 0 saturated carbocycles. The van der Waals surface area contributed by atoms with Gasteiger partial charge in [0, 0.05) is 44.6 Å². The lowest BCUT2D eigenvalue weighted by Crippen LogP contribution is -2.60. The molecule has 0 radical (unpaired) electrons. The number of hydrogen-bond donors (Lipinski definition) is 1. The number of alkyl halides is 3. The fraction of sp³-hybridized carbons (Fsp3) is 0.440. The molecule has 5 nitrogen and oxygen atoms in total. The van der Waals surface area contributed by atoms with Gasteiger partial charge in [-0.15, -0.1) is 0 Å². The van der Waals surface area contributed by atoms with Crippen LogP contribution in [0.3, 0.4) is 0 Å². The predicted octanol–water partition coefficient (Wildman–Crippen LogP) is 4.28. The fourth-order valence-corrected chi connectivity index (χ4v) is 5.42. The van der Waals surface area contributed by atoms with Crippen molar-refractivity contribution in [1.29, 1.82) is 0 Å². The Hall–Kier alpha value is -3.01. The summed E-state index contributed by atoms with van der Waals surface area (Å²) in [5, 5.41) is 2.82. The molecule has 0 bridgehead atoms. The molecule has 2 heterocycles. The van der Waals surface area contributed by atoms with Gasteiger partial charge in [-0.25, -0.2) is 8.78 Å². The van der Waals surface area contributed by atoms with Crippen LogP contribution in [0.15, 0.2) is 48.5 Å². The minimum absolute atomic E-state index is 0.0216. The zero-order valence-corrected chi connectivity index (χ0v) is 19.0. The second kappa shape index (κ2) is 9.22. The largest absolute Gasteiger partial charge is 0.430 e. The molecule has 35 heavy (non-hydrogen) atoms. The van der Waals surface area contributed by atoms with Crippen molar-refractivity contribution < 1.29 is 36.3 Å². The number of ether oxygens (including phenoxy) is 1. The number of benzene rings is 2. The molecule has 2 aromatic carbocycles. The summed E-state index contributed by atoms with van der Waals surface area (Å²) in [4.78, 5) is 26.8. The zero-order valence-electron chi connectivity index (χ0n) is 19.0. The summed E-state index contributed by atoms with van der Waals surface area (Å²) in [6.07, 6.45) is -4.37. The minimum atomic E-state index is -5.10. The van der Waals surface area contributed by atoms with Crippen molar-refractivity contribution in [2.24, 2.45) is 5.41 Å². The number of rotatable bonds is 4. The third kappa shape index (κ3) is 4.39. The Labute approximate surface area is 199 Å². The quantitative estimate of drug-likeness (QED) is 0.643. The number of likely N-dealkylation sites (tertiary alicyclic amines) is 1. The first-order valence-corrected chi connectivity index (χ1v) is 11.2. The lowest BCUT2D eigenvalue weighted by molar-refractivity contribution is -0.271. The molecular formula is C25H25F5N2O3. The van der Waals surface area contributed by atoms with Crippen molar-refractivity contribution in [3.63, 3.8) is 0 Å². The van der Waals surface area contributed by atoms with Crippen molar-refractivity contribution in [2.45, 2.75) is 37.0 Å². The molecule has 0 aliphatic carbocycles. The summed E-state index contributed by atoms with van der Waals surface area (Å²) in [6.45, 7) is 0.275. The van der Waals surface area contributed by atoms with Crippen LogP contribution in [0.5, 0.6) is 0 Å². The highest BCUT2D eigenvalue weighted by molar-refractivity contribution is 5.88. The van der Waals surface area contributed by atoms with E-state index in [-0.39, 0.29) is 44.2 Å². The predicted molar refractivity (Wildman–Crippen MR) is 116 cm³/mol. The van der Waals surface area contributed by atoms with Gasteiger partial charge >= 0.3 is 6.18 Å². The van der Waals surface area contributed by atoms with Gasteiger partial charge in [-0.1, -0.05) is 24.3 Å². The first kappa shape index (κ1) is 25.1. The van der Waals surface area contributed by atoms with E-state index in [0.29, 0.717) is 6.54 Å². The Bertz CT molecular complexity index is 1080. The van der Waals surface area contributed by atoms with Gasteiger partial charge in [0.2, 0.25) is 5.91 Å². The molecule has 2 atom stereocenters. The van der Waals surface area contributed by atoms with Gasteiger partial charge in [-0.05, 0) is 48.1 Å². The summed E-state index contributed by atoms with van der Waals surface area (Å²) in [5.41, 5.74) is -3.56. The van der Waals surface area contributed by atoms with Crippen LogP contribution < -0.4 is 5.32 Å². The number of hydrogen-bond acceptors (Lipinski definition) is 3. The molecule has 10 heteroatoms. The van der Waals surface area contributed by atoms with Crippen molar-refractivity contribution >= 4 is 11.8 Å². The van der Waals surface area contributed by atoms with Crippen LogP contribution in [0, 0.1) is 17.0 Å². The van der Waals surface area contributed by atoms with Gasteiger partial charge in [-0.3, -0.25) is 9.59 Å². The maximum atomic E-state index is 14.3. The molecule has 4 rings (SSSR count). The number of nitrogens with one attached hydrogen (secondary N) is 1. The van der Waals surface area contributed by atoms with Crippen LogP contribution in [-0.4, -0.2) is 49.6 Å². The Morgan fingerprint density at radius 3 is 2.06 bits per heavy atom. The van der Waals surface area contributed by atoms with E-state index in [9.17, 15) is 31.5 Å². The number of methoxy groups -OCH3 is 1. The molecule has 1 N–H and O–H groups in total. The molecule has 1 spiro atoms. The number of carbonyl (C=O) groups excluding carboxylic acids is 2. The van der Waals surface area contributed by atoms with E-state index in [1.165, 1.54) is 12.1 Å². The molecule has 0 aromatic heterocycles. The average molecular weight is 496 g/mol. The van der Waals surface area contributed by atoms with Gasteiger partial charge in [0.05, 0.1) is 0 Å². The van der Waals surface area contributed by atoms with E-state index in [1.807, 2.05) is 0 Å². The lowest BCUT2D eigenvalue weighted by Gasteiger charge is -2.50. The summed E-state index contributed by atoms with van der Waals surface area (Å²) in [6, 6.07) is 9.43. The molecule has 2 aromatic rings. The molecule has 2 amide bonds. The van der Waals surface area contributed by atoms with E-state index in [0.717, 1.165) is 41.8 Å². The molecule has 2 aliphatic rings. The van der Waals surface area contributed by atoms with Gasteiger partial charge in [0.15, 0.2) is 0 Å². The van der Waals surface area contributed by atoms with Gasteiger partial charge < -0.3 is 15.0 Å². The van der Waals surface area contributed by atoms with Crippen LogP contribution in [0.1, 0.15) is 36.3 Å². The highest BCUT2D eigenvalue weighted by atomic mass is 19.4. The first-order chi connectivity index (χ1) is 16.5. The number of amides is 2. The highest BCUT2D eigenvalue weighted by Gasteiger charge is 2.64. The van der Waals surface area contributed by atoms with Gasteiger partial charge in [0.25, 0.3) is 11.5 Å². The lowest BCUT2D eigenvalue weighted by atomic mass is 9.62. The van der Waals surface area contributed by atoms with Crippen LogP contribution in [0.4, 0.5) is 22.0 Å². The standard InChI is InChI=1S/C25H25F5N2O3/c1-35-24(25(28,29)30,17-4-8-19(27)9-5-17)22(34)32-12-10-23(11-13-32)14-21(33)31-15-20(23)16-2-6-18(26)7-3-16/h2-9,20H,10-15H2,1H3,(H,31,33)/t20-,24+/m0/s1. The Balaban J connectivity index is 1.62. The summed E-state index contributed by atoms with van der Waals surface area (Å²) >= 11 is 0. The molecule has 188 valence electrons. The summed E-state index contributed by atoms with van der Waals surface area (Å²) < 4.78 is 74.7. The van der Waals surface area contributed by atoms with E-state index >= 15 is 0 Å². The second-order valence-electron chi connectivity index (χ2n) is 9.13. The van der Waals surface area contributed by atoms with Crippen molar-refractivity contribution in [2.75, 3.05) is 26.7 Å². The minimum Gasteiger partial charge on any atom is -0.356 e. The fourth-order valence-electron chi connectivity index (χ4n) is 5.42. The monoisotopic (exact) mass is 496 g/mol. The maximum Gasteiger partial charge on any atom is 0.430 e. The topological polar surface area (TPSA) is 58.6 Å². The number of piperidine rings is 2. The van der Waals surface area contributed by atoms with Crippen molar-refractivity contribution in [1.82, 2.24) is 10.2 Å². The molecule has 0 unspecified atom stereocenters. The Morgan fingerprint density at radius 1 is 1.00 bits per heavy atom. The second-order valence-corrected chi connectivity index (χ2v) is 9.13. The van der Waals surface area contributed by atoms with Crippen LogP contribution in [0.2, 0.25) is 0 Å². The smallest absolute Gasteiger partial charge is 0.356 e. The molecule has 2 aliphatic heterocycles. The maximum absolute atomic E-state index is 14.3. The first-order valence-electron chi connectivity index (χ1n) is 11.2. The third-order valence-electron chi connectivity index (χ3n) is 7.33. The van der Waals surface area contributed by atoms with E-state index < -0.39 is 40.3 Å². The number of carbonyl (C=O) groups is 2. The average Bonchev–Trinajstić information content (AvgIpc) is 2.81. The van der Waals surface area contributed by atoms with E-state index in [2.05, 4.69) is 5.32 Å². The van der Waals surface area contributed by atoms with Crippen LogP contribution in [-0.2, 0) is 19.9 Å². The third-order valence-corrected chi connectivity index (χ3v) is 7.33. The van der Waals surface area contributed by atoms with Crippen molar-refractivity contribution in [3.8, 4) is 0 Å². The van der Waals surface area contributed by atoms with Crippen molar-refractivity contribution in [3.05, 3.63) is 71.3 Å². The molecular weight excluding hydrogens is 471 g/mol. The Kier molecular flexibility index (Phi) is 6.61. The van der Waals surface area contributed by atoms with Crippen LogP contribution in [0.25, 0.3) is 0 Å². The number of halogens is 5. The normalized spacial score (nSPS) is 21.9. The molecule has 2 fully saturated rings. The van der Waals surface area contributed by atoms with E-state index in [1.54, 1.807) is 12.1 Å². The molecule has 2 saturated heterocycles. The summed E-state index contributed by atoms with van der Waals surface area (Å²) in [7, 11) is 0.802. The van der Waals surface area contributed by atoms with Gasteiger partial charge in [-0.2, -0.15) is 13.2 Å². The zero-order chi connectivity index (χ0) is 25.4. The van der Waals surface area contributed by atoms with Crippen LogP contribution >= 0.6 is 0 Å². The SMILES string of the molecule is CO[C@@](C(=O)N1CCC2(CC1)CC(=O)NC[C@H]2c1ccc(F)cc1)(c1ccc(F)cc1)C(F)(F)F. The van der Waals surface area contributed by atoms with E-state index in [4.69, 9.17) is 4.74 Å². The Morgan fingerprint density at radius 2 is 1.54 bits per heavy atom. The highest BCUT2D eigenvalue weighted by Crippen LogP contribution is 2.50. The summed E-state index contributed by atoms with van der Waals surface area (Å²) in [5.74, 6) is -2.77.